The fourth-order valence-electron chi connectivity index (χ4n) is 2.37. The van der Waals surface area contributed by atoms with Gasteiger partial charge in [0, 0.05) is 6.54 Å². The van der Waals surface area contributed by atoms with Crippen LogP contribution in [-0.4, -0.2) is 13.7 Å². The molecule has 3 heteroatoms. The summed E-state index contributed by atoms with van der Waals surface area (Å²) in [6.07, 6.45) is -0.181. The van der Waals surface area contributed by atoms with Crippen LogP contribution < -0.4 is 15.2 Å². The first-order valence-electron chi connectivity index (χ1n) is 7.13. The van der Waals surface area contributed by atoms with Crippen molar-refractivity contribution in [1.29, 1.82) is 0 Å². The summed E-state index contributed by atoms with van der Waals surface area (Å²) in [7, 11) is 1.66. The molecule has 2 rings (SSSR count). The van der Waals surface area contributed by atoms with Crippen molar-refractivity contribution >= 4 is 0 Å². The van der Waals surface area contributed by atoms with E-state index in [9.17, 15) is 0 Å². The van der Waals surface area contributed by atoms with E-state index in [0.717, 1.165) is 22.6 Å². The molecule has 3 nitrogen and oxygen atoms in total. The molecular weight excluding hydrogens is 262 g/mol. The Morgan fingerprint density at radius 3 is 2.52 bits per heavy atom. The Morgan fingerprint density at radius 1 is 1.10 bits per heavy atom. The summed E-state index contributed by atoms with van der Waals surface area (Å²) in [6, 6.07) is 12.1. The number of benzene rings is 2. The molecule has 0 saturated carbocycles. The van der Waals surface area contributed by atoms with Crippen molar-refractivity contribution < 1.29 is 9.47 Å². The van der Waals surface area contributed by atoms with Crippen LogP contribution >= 0.6 is 0 Å². The Labute approximate surface area is 126 Å². The Hall–Kier alpha value is -2.00. The topological polar surface area (TPSA) is 44.5 Å². The summed E-state index contributed by atoms with van der Waals surface area (Å²) in [4.78, 5) is 0. The van der Waals surface area contributed by atoms with Crippen molar-refractivity contribution in [2.45, 2.75) is 26.9 Å². The normalized spacial score (nSPS) is 12.0. The van der Waals surface area contributed by atoms with Gasteiger partial charge in [0.25, 0.3) is 0 Å². The maximum Gasteiger partial charge on any atom is 0.136 e. The summed E-state index contributed by atoms with van der Waals surface area (Å²) < 4.78 is 11.4. The molecule has 0 spiro atoms. The second-order valence-electron chi connectivity index (χ2n) is 5.32. The zero-order chi connectivity index (χ0) is 15.4. The lowest BCUT2D eigenvalue weighted by Crippen LogP contribution is -2.19. The van der Waals surface area contributed by atoms with E-state index in [4.69, 9.17) is 15.2 Å². The molecule has 2 aromatic carbocycles. The predicted molar refractivity (Wildman–Crippen MR) is 86.1 cm³/mol. The molecule has 0 saturated heterocycles. The van der Waals surface area contributed by atoms with E-state index < -0.39 is 0 Å². The fraction of sp³-hybridized carbons (Fsp3) is 0.333. The van der Waals surface area contributed by atoms with Gasteiger partial charge in [-0.25, -0.2) is 0 Å². The molecule has 1 unspecified atom stereocenters. The first-order valence-corrected chi connectivity index (χ1v) is 7.13. The lowest BCUT2D eigenvalue weighted by atomic mass is 10.0. The molecule has 21 heavy (non-hydrogen) atoms. The third-order valence-corrected chi connectivity index (χ3v) is 3.71. The molecule has 1 atom stereocenters. The number of aryl methyl sites for hydroxylation is 2. The van der Waals surface area contributed by atoms with Gasteiger partial charge >= 0.3 is 0 Å². The summed E-state index contributed by atoms with van der Waals surface area (Å²) in [5.41, 5.74) is 10.5. The van der Waals surface area contributed by atoms with Gasteiger partial charge in [-0.3, -0.25) is 0 Å². The van der Waals surface area contributed by atoms with Crippen LogP contribution in [0, 0.1) is 20.8 Å². The second kappa shape index (κ2) is 6.64. The smallest absolute Gasteiger partial charge is 0.136 e. The highest BCUT2D eigenvalue weighted by Gasteiger charge is 2.14. The van der Waals surface area contributed by atoms with E-state index in [-0.39, 0.29) is 6.10 Å². The minimum Gasteiger partial charge on any atom is -0.497 e. The van der Waals surface area contributed by atoms with Crippen molar-refractivity contribution in [2.75, 3.05) is 13.7 Å². The number of methoxy groups -OCH3 is 1. The SMILES string of the molecule is COc1cccc(C(CN)Oc2cc(C)cc(C)c2C)c1. The van der Waals surface area contributed by atoms with Crippen molar-refractivity contribution in [2.24, 2.45) is 5.73 Å². The van der Waals surface area contributed by atoms with E-state index in [1.165, 1.54) is 11.1 Å². The molecule has 0 heterocycles. The first kappa shape index (κ1) is 15.4. The second-order valence-corrected chi connectivity index (χ2v) is 5.32. The Morgan fingerprint density at radius 2 is 1.86 bits per heavy atom. The third kappa shape index (κ3) is 3.56. The highest BCUT2D eigenvalue weighted by atomic mass is 16.5. The molecule has 112 valence electrons. The van der Waals surface area contributed by atoms with Crippen molar-refractivity contribution in [1.82, 2.24) is 0 Å². The quantitative estimate of drug-likeness (QED) is 0.911. The van der Waals surface area contributed by atoms with Crippen LogP contribution in [0.5, 0.6) is 11.5 Å². The molecule has 0 aromatic heterocycles. The Kier molecular flexibility index (Phi) is 4.86. The van der Waals surface area contributed by atoms with Crippen LogP contribution in [0.4, 0.5) is 0 Å². The lowest BCUT2D eigenvalue weighted by molar-refractivity contribution is 0.212. The molecule has 0 aliphatic heterocycles. The average molecular weight is 285 g/mol. The number of ether oxygens (including phenoxy) is 2. The van der Waals surface area contributed by atoms with Gasteiger partial charge in [0.15, 0.2) is 0 Å². The van der Waals surface area contributed by atoms with E-state index in [0.29, 0.717) is 6.54 Å². The monoisotopic (exact) mass is 285 g/mol. The minimum absolute atomic E-state index is 0.181. The van der Waals surface area contributed by atoms with Gasteiger partial charge < -0.3 is 15.2 Å². The summed E-state index contributed by atoms with van der Waals surface area (Å²) >= 11 is 0. The number of hydrogen-bond acceptors (Lipinski definition) is 3. The summed E-state index contributed by atoms with van der Waals surface area (Å²) in [5, 5.41) is 0. The van der Waals surface area contributed by atoms with Crippen LogP contribution in [0.1, 0.15) is 28.4 Å². The molecule has 0 aliphatic carbocycles. The van der Waals surface area contributed by atoms with Gasteiger partial charge in [-0.15, -0.1) is 0 Å². The number of rotatable bonds is 5. The zero-order valence-electron chi connectivity index (χ0n) is 13.1. The molecule has 2 aromatic rings. The predicted octanol–water partition coefficient (Wildman–Crippen LogP) is 3.70. The molecule has 0 aliphatic rings. The highest BCUT2D eigenvalue weighted by molar-refractivity contribution is 5.42. The summed E-state index contributed by atoms with van der Waals surface area (Å²) in [5.74, 6) is 1.71. The van der Waals surface area contributed by atoms with Crippen LogP contribution in [0.15, 0.2) is 36.4 Å². The lowest BCUT2D eigenvalue weighted by Gasteiger charge is -2.21. The van der Waals surface area contributed by atoms with E-state index >= 15 is 0 Å². The van der Waals surface area contributed by atoms with Gasteiger partial charge in [0.1, 0.15) is 17.6 Å². The van der Waals surface area contributed by atoms with Crippen molar-refractivity contribution in [3.05, 3.63) is 58.7 Å². The van der Waals surface area contributed by atoms with E-state index in [1.807, 2.05) is 24.3 Å². The highest BCUT2D eigenvalue weighted by Crippen LogP contribution is 2.29. The zero-order valence-corrected chi connectivity index (χ0v) is 13.1. The number of hydrogen-bond donors (Lipinski definition) is 1. The fourth-order valence-corrected chi connectivity index (χ4v) is 2.37. The molecule has 0 bridgehead atoms. The first-order chi connectivity index (χ1) is 10.0. The molecule has 2 N–H and O–H groups in total. The van der Waals surface area contributed by atoms with Crippen LogP contribution in [-0.2, 0) is 0 Å². The van der Waals surface area contributed by atoms with Gasteiger partial charge in [-0.2, -0.15) is 0 Å². The maximum absolute atomic E-state index is 6.16. The van der Waals surface area contributed by atoms with Gasteiger partial charge in [-0.05, 0) is 61.2 Å². The van der Waals surface area contributed by atoms with Crippen molar-refractivity contribution in [3.63, 3.8) is 0 Å². The minimum atomic E-state index is -0.181. The third-order valence-electron chi connectivity index (χ3n) is 3.71. The Bertz CT molecular complexity index is 623. The Balaban J connectivity index is 2.31. The van der Waals surface area contributed by atoms with E-state index in [2.05, 4.69) is 32.9 Å². The van der Waals surface area contributed by atoms with E-state index in [1.54, 1.807) is 7.11 Å². The molecule has 0 amide bonds. The molecule has 0 fully saturated rings. The van der Waals surface area contributed by atoms with Gasteiger partial charge in [0.2, 0.25) is 0 Å². The number of nitrogens with two attached hydrogens (primary N) is 1. The molecular formula is C18H23NO2. The van der Waals surface area contributed by atoms with Crippen molar-refractivity contribution in [3.8, 4) is 11.5 Å². The largest absolute Gasteiger partial charge is 0.497 e. The standard InChI is InChI=1S/C18H23NO2/c1-12-8-13(2)14(3)17(9-12)21-18(11-19)15-6-5-7-16(10-15)20-4/h5-10,18H,11,19H2,1-4H3. The maximum atomic E-state index is 6.16. The van der Waals surface area contributed by atoms with Gasteiger partial charge in [-0.1, -0.05) is 18.2 Å². The van der Waals surface area contributed by atoms with Gasteiger partial charge in [0.05, 0.1) is 7.11 Å². The van der Waals surface area contributed by atoms with Crippen LogP contribution in [0.25, 0.3) is 0 Å². The average Bonchev–Trinajstić information content (AvgIpc) is 2.49. The van der Waals surface area contributed by atoms with Crippen LogP contribution in [0.3, 0.4) is 0 Å². The molecule has 0 radical (unpaired) electrons. The summed E-state index contributed by atoms with van der Waals surface area (Å²) in [6.45, 7) is 6.66. The van der Waals surface area contributed by atoms with Crippen LogP contribution in [0.2, 0.25) is 0 Å².